The quantitative estimate of drug-likeness (QED) is 0.599. The lowest BCUT2D eigenvalue weighted by atomic mass is 10.1. The molecule has 1 amide bonds. The van der Waals surface area contributed by atoms with Crippen molar-refractivity contribution in [2.45, 2.75) is 0 Å². The summed E-state index contributed by atoms with van der Waals surface area (Å²) in [4.78, 5) is 12.5. The first-order valence-electron chi connectivity index (χ1n) is 7.70. The van der Waals surface area contributed by atoms with Crippen LogP contribution >= 0.6 is 0 Å². The zero-order valence-electron chi connectivity index (χ0n) is 13.4. The minimum atomic E-state index is -0.339. The van der Waals surface area contributed by atoms with E-state index in [0.29, 0.717) is 11.4 Å². The summed E-state index contributed by atoms with van der Waals surface area (Å²) < 4.78 is 7.32. The summed E-state index contributed by atoms with van der Waals surface area (Å²) in [6.45, 7) is 0. The fourth-order valence-corrected chi connectivity index (χ4v) is 2.55. The van der Waals surface area contributed by atoms with Crippen LogP contribution in [0.15, 0.2) is 65.5 Å². The summed E-state index contributed by atoms with van der Waals surface area (Å²) in [6, 6.07) is 13.1. The van der Waals surface area contributed by atoms with E-state index in [4.69, 9.17) is 4.42 Å². The van der Waals surface area contributed by atoms with E-state index in [0.717, 1.165) is 16.8 Å². The molecule has 3 heterocycles. The smallest absolute Gasteiger partial charge is 0.291 e. The summed E-state index contributed by atoms with van der Waals surface area (Å²) in [5, 5.41) is 13.9. The summed E-state index contributed by atoms with van der Waals surface area (Å²) in [6.07, 6.45) is 5.08. The average molecular weight is 333 g/mol. The molecule has 0 aliphatic rings. The van der Waals surface area contributed by atoms with Crippen LogP contribution in [-0.2, 0) is 7.05 Å². The fraction of sp³-hybridized carbons (Fsp3) is 0.0556. The van der Waals surface area contributed by atoms with Crippen molar-refractivity contribution in [2.24, 2.45) is 7.05 Å². The second kappa shape index (κ2) is 6.12. The zero-order chi connectivity index (χ0) is 17.2. The molecule has 0 aliphatic carbocycles. The Hall–Kier alpha value is -3.61. The predicted molar refractivity (Wildman–Crippen MR) is 92.9 cm³/mol. The number of anilines is 1. The van der Waals surface area contributed by atoms with E-state index in [2.05, 4.69) is 20.6 Å². The number of furan rings is 1. The van der Waals surface area contributed by atoms with Gasteiger partial charge in [0.15, 0.2) is 5.76 Å². The number of nitrogens with zero attached hydrogens (tertiary/aromatic N) is 3. The van der Waals surface area contributed by atoms with Crippen LogP contribution in [0.1, 0.15) is 10.6 Å². The van der Waals surface area contributed by atoms with E-state index in [1.807, 2.05) is 43.6 Å². The van der Waals surface area contributed by atoms with Gasteiger partial charge in [-0.2, -0.15) is 10.2 Å². The maximum Gasteiger partial charge on any atom is 0.291 e. The molecule has 3 aromatic heterocycles. The summed E-state index contributed by atoms with van der Waals surface area (Å²) in [5.41, 5.74) is 3.09. The third kappa shape index (κ3) is 2.94. The van der Waals surface area contributed by atoms with Crippen LogP contribution < -0.4 is 5.32 Å². The molecule has 124 valence electrons. The molecule has 7 nitrogen and oxygen atoms in total. The van der Waals surface area contributed by atoms with E-state index >= 15 is 0 Å². The number of aromatic nitrogens is 4. The summed E-state index contributed by atoms with van der Waals surface area (Å²) >= 11 is 0. The van der Waals surface area contributed by atoms with Gasteiger partial charge in [-0.05, 0) is 12.1 Å². The molecule has 1 aromatic carbocycles. The van der Waals surface area contributed by atoms with Crippen LogP contribution in [0.2, 0.25) is 0 Å². The highest BCUT2D eigenvalue weighted by atomic mass is 16.3. The van der Waals surface area contributed by atoms with Crippen molar-refractivity contribution in [3.63, 3.8) is 0 Å². The first-order chi connectivity index (χ1) is 12.2. The van der Waals surface area contributed by atoms with Crippen LogP contribution in [0.5, 0.6) is 0 Å². The van der Waals surface area contributed by atoms with Gasteiger partial charge in [0.1, 0.15) is 5.76 Å². The number of aryl methyl sites for hydroxylation is 1. The van der Waals surface area contributed by atoms with Gasteiger partial charge in [-0.15, -0.1) is 0 Å². The van der Waals surface area contributed by atoms with Crippen molar-refractivity contribution in [2.75, 3.05) is 5.32 Å². The Morgan fingerprint density at radius 3 is 2.72 bits per heavy atom. The highest BCUT2D eigenvalue weighted by molar-refractivity contribution is 6.04. The van der Waals surface area contributed by atoms with Gasteiger partial charge in [0, 0.05) is 18.8 Å². The lowest BCUT2D eigenvalue weighted by Gasteiger charge is -2.04. The van der Waals surface area contributed by atoms with E-state index < -0.39 is 0 Å². The van der Waals surface area contributed by atoms with Crippen molar-refractivity contribution in [3.05, 3.63) is 66.8 Å². The van der Waals surface area contributed by atoms with Gasteiger partial charge in [0.05, 0.1) is 29.3 Å². The molecular formula is C18H15N5O2. The van der Waals surface area contributed by atoms with Crippen LogP contribution in [0.4, 0.5) is 5.69 Å². The van der Waals surface area contributed by atoms with Crippen molar-refractivity contribution >= 4 is 11.6 Å². The lowest BCUT2D eigenvalue weighted by Crippen LogP contribution is -2.11. The largest absolute Gasteiger partial charge is 0.451 e. The number of rotatable bonds is 4. The molecule has 0 fully saturated rings. The first kappa shape index (κ1) is 14.9. The van der Waals surface area contributed by atoms with E-state index in [9.17, 15) is 4.79 Å². The van der Waals surface area contributed by atoms with Crippen LogP contribution in [-0.4, -0.2) is 25.9 Å². The van der Waals surface area contributed by atoms with Gasteiger partial charge in [-0.25, -0.2) is 0 Å². The van der Waals surface area contributed by atoms with E-state index in [1.165, 1.54) is 0 Å². The molecule has 0 unspecified atom stereocenters. The SMILES string of the molecule is Cn1cc(-c2ccc(C(=O)Nc3cn[nH]c3-c3ccccc3)o2)cn1. The molecule has 7 heteroatoms. The normalized spacial score (nSPS) is 10.8. The molecule has 0 radical (unpaired) electrons. The first-order valence-corrected chi connectivity index (χ1v) is 7.70. The van der Waals surface area contributed by atoms with Crippen molar-refractivity contribution in [1.29, 1.82) is 0 Å². The fourth-order valence-electron chi connectivity index (χ4n) is 2.55. The highest BCUT2D eigenvalue weighted by Gasteiger charge is 2.16. The van der Waals surface area contributed by atoms with Gasteiger partial charge in [-0.3, -0.25) is 14.6 Å². The maximum atomic E-state index is 12.5. The average Bonchev–Trinajstić information content (AvgIpc) is 3.35. The Labute approximate surface area is 143 Å². The second-order valence-electron chi connectivity index (χ2n) is 5.55. The lowest BCUT2D eigenvalue weighted by molar-refractivity contribution is 0.0997. The zero-order valence-corrected chi connectivity index (χ0v) is 13.4. The van der Waals surface area contributed by atoms with Crippen molar-refractivity contribution in [1.82, 2.24) is 20.0 Å². The van der Waals surface area contributed by atoms with Gasteiger partial charge in [0.25, 0.3) is 5.91 Å². The number of amides is 1. The van der Waals surface area contributed by atoms with Gasteiger partial charge in [-0.1, -0.05) is 30.3 Å². The van der Waals surface area contributed by atoms with E-state index in [1.54, 1.807) is 29.2 Å². The molecule has 2 N–H and O–H groups in total. The molecule has 0 bridgehead atoms. The number of aromatic amines is 1. The Kier molecular flexibility index (Phi) is 3.66. The Bertz CT molecular complexity index is 1010. The topological polar surface area (TPSA) is 88.7 Å². The number of hydrogen-bond acceptors (Lipinski definition) is 4. The summed E-state index contributed by atoms with van der Waals surface area (Å²) in [5.74, 6) is 0.474. The Morgan fingerprint density at radius 1 is 1.12 bits per heavy atom. The van der Waals surface area contributed by atoms with Crippen LogP contribution in [0, 0.1) is 0 Å². The molecule has 0 atom stereocenters. The predicted octanol–water partition coefficient (Wildman–Crippen LogP) is 3.32. The summed E-state index contributed by atoms with van der Waals surface area (Å²) in [7, 11) is 1.82. The van der Waals surface area contributed by atoms with Gasteiger partial charge < -0.3 is 9.73 Å². The molecule has 0 saturated carbocycles. The van der Waals surface area contributed by atoms with Crippen LogP contribution in [0.3, 0.4) is 0 Å². The third-order valence-electron chi connectivity index (χ3n) is 3.77. The number of H-pyrrole nitrogens is 1. The second-order valence-corrected chi connectivity index (χ2v) is 5.55. The standard InChI is InChI=1S/C18H15N5O2/c1-23-11-13(9-20-23)15-7-8-16(25-15)18(24)21-14-10-19-22-17(14)12-5-3-2-4-6-12/h2-11H,1H3,(H,19,22)(H,21,24). The number of nitrogens with one attached hydrogen (secondary N) is 2. The number of benzene rings is 1. The van der Waals surface area contributed by atoms with Gasteiger partial charge >= 0.3 is 0 Å². The molecule has 4 aromatic rings. The molecule has 0 spiro atoms. The maximum absolute atomic E-state index is 12.5. The Morgan fingerprint density at radius 2 is 1.96 bits per heavy atom. The highest BCUT2D eigenvalue weighted by Crippen LogP contribution is 2.26. The number of carbonyl (C=O) groups excluding carboxylic acids is 1. The van der Waals surface area contributed by atoms with Crippen LogP contribution in [0.25, 0.3) is 22.6 Å². The Balaban J connectivity index is 1.56. The minimum absolute atomic E-state index is 0.221. The molecule has 0 aliphatic heterocycles. The molecular weight excluding hydrogens is 318 g/mol. The number of carbonyl (C=O) groups is 1. The molecule has 4 rings (SSSR count). The van der Waals surface area contributed by atoms with Crippen molar-refractivity contribution in [3.8, 4) is 22.6 Å². The number of hydrogen-bond donors (Lipinski definition) is 2. The monoisotopic (exact) mass is 333 g/mol. The minimum Gasteiger partial charge on any atom is -0.451 e. The molecule has 0 saturated heterocycles. The van der Waals surface area contributed by atoms with E-state index in [-0.39, 0.29) is 11.7 Å². The third-order valence-corrected chi connectivity index (χ3v) is 3.77. The molecule has 25 heavy (non-hydrogen) atoms. The van der Waals surface area contributed by atoms with Gasteiger partial charge in [0.2, 0.25) is 0 Å². The van der Waals surface area contributed by atoms with Crippen molar-refractivity contribution < 1.29 is 9.21 Å².